The highest BCUT2D eigenvalue weighted by Crippen LogP contribution is 2.30. The van der Waals surface area contributed by atoms with Gasteiger partial charge in [0.15, 0.2) is 21.4 Å². The molecule has 3 N–H and O–H groups in total. The number of anilines is 1. The Morgan fingerprint density at radius 2 is 2.14 bits per heavy atom. The van der Waals surface area contributed by atoms with Crippen molar-refractivity contribution in [1.29, 1.82) is 0 Å². The molecule has 0 atom stereocenters. The lowest BCUT2D eigenvalue weighted by Crippen LogP contribution is -2.15. The van der Waals surface area contributed by atoms with E-state index in [2.05, 4.69) is 9.71 Å². The molecule has 21 heavy (non-hydrogen) atoms. The van der Waals surface area contributed by atoms with Crippen molar-refractivity contribution in [2.24, 2.45) is 0 Å². The number of carboxylic acids is 1. The number of phenolic OH excluding ortho intramolecular Hbond substituents is 1. The molecular formula is C11H10N2O6S2. The number of methoxy groups -OCH3 is 1. The van der Waals surface area contributed by atoms with E-state index >= 15 is 0 Å². The zero-order chi connectivity index (χ0) is 15.6. The summed E-state index contributed by atoms with van der Waals surface area (Å²) in [6, 6.07) is 3.90. The van der Waals surface area contributed by atoms with Gasteiger partial charge in [-0.1, -0.05) is 0 Å². The molecule has 0 saturated heterocycles. The molecular weight excluding hydrogens is 320 g/mol. The molecule has 0 fully saturated rings. The summed E-state index contributed by atoms with van der Waals surface area (Å²) in [6.07, 6.45) is 0. The summed E-state index contributed by atoms with van der Waals surface area (Å²) in [5.74, 6) is -1.50. The number of aromatic nitrogens is 1. The van der Waals surface area contributed by atoms with Crippen molar-refractivity contribution >= 4 is 33.0 Å². The largest absolute Gasteiger partial charge is 0.504 e. The van der Waals surface area contributed by atoms with Crippen molar-refractivity contribution < 1.29 is 28.2 Å². The molecule has 2 aromatic rings. The van der Waals surface area contributed by atoms with Gasteiger partial charge in [0.25, 0.3) is 10.0 Å². The predicted molar refractivity (Wildman–Crippen MR) is 74.5 cm³/mol. The molecule has 0 spiro atoms. The third kappa shape index (κ3) is 3.06. The number of carboxylic acid groups (broad SMARTS) is 1. The smallest absolute Gasteiger partial charge is 0.356 e. The number of rotatable bonds is 5. The third-order valence-electron chi connectivity index (χ3n) is 2.41. The van der Waals surface area contributed by atoms with Crippen molar-refractivity contribution in [2.75, 3.05) is 11.8 Å². The van der Waals surface area contributed by atoms with Crippen molar-refractivity contribution in [3.05, 3.63) is 29.4 Å². The van der Waals surface area contributed by atoms with Crippen LogP contribution in [0.1, 0.15) is 10.5 Å². The van der Waals surface area contributed by atoms with E-state index in [4.69, 9.17) is 9.84 Å². The quantitative estimate of drug-likeness (QED) is 0.755. The number of aromatic hydroxyl groups is 1. The van der Waals surface area contributed by atoms with E-state index in [0.29, 0.717) is 11.3 Å². The zero-order valence-electron chi connectivity index (χ0n) is 10.6. The van der Waals surface area contributed by atoms with Crippen LogP contribution in [0.3, 0.4) is 0 Å². The number of aromatic carboxylic acids is 1. The van der Waals surface area contributed by atoms with Crippen LogP contribution in [0.15, 0.2) is 27.9 Å². The molecule has 0 bridgehead atoms. The van der Waals surface area contributed by atoms with Crippen LogP contribution in [0.4, 0.5) is 5.69 Å². The van der Waals surface area contributed by atoms with Gasteiger partial charge in [-0.3, -0.25) is 4.72 Å². The summed E-state index contributed by atoms with van der Waals surface area (Å²) >= 11 is 0.686. The van der Waals surface area contributed by atoms with E-state index in [9.17, 15) is 18.3 Å². The maximum Gasteiger partial charge on any atom is 0.356 e. The fourth-order valence-electron chi connectivity index (χ4n) is 1.52. The van der Waals surface area contributed by atoms with Crippen molar-refractivity contribution in [2.45, 2.75) is 4.21 Å². The molecule has 2 rings (SSSR count). The highest BCUT2D eigenvalue weighted by Gasteiger charge is 2.26. The summed E-state index contributed by atoms with van der Waals surface area (Å²) < 4.78 is 30.9. The second kappa shape index (κ2) is 5.58. The van der Waals surface area contributed by atoms with Gasteiger partial charge in [-0.15, -0.1) is 11.3 Å². The Balaban J connectivity index is 2.35. The first-order valence-electron chi connectivity index (χ1n) is 5.41. The maximum absolute atomic E-state index is 12.1. The Bertz CT molecular complexity index is 784. The van der Waals surface area contributed by atoms with Gasteiger partial charge in [0.05, 0.1) is 18.3 Å². The van der Waals surface area contributed by atoms with Crippen LogP contribution in [-0.2, 0) is 10.0 Å². The summed E-state index contributed by atoms with van der Waals surface area (Å²) in [7, 11) is -2.75. The van der Waals surface area contributed by atoms with Gasteiger partial charge in [0.2, 0.25) is 0 Å². The van der Waals surface area contributed by atoms with Crippen LogP contribution in [0.2, 0.25) is 0 Å². The number of hydrogen-bond acceptors (Lipinski definition) is 7. The molecule has 0 amide bonds. The van der Waals surface area contributed by atoms with Crippen molar-refractivity contribution in [3.8, 4) is 11.5 Å². The minimum absolute atomic E-state index is 0.0676. The van der Waals surface area contributed by atoms with Crippen LogP contribution in [0, 0.1) is 0 Å². The van der Waals surface area contributed by atoms with Crippen LogP contribution in [0.5, 0.6) is 11.5 Å². The number of carbonyl (C=O) groups is 1. The molecule has 1 aromatic carbocycles. The lowest BCUT2D eigenvalue weighted by Gasteiger charge is -2.09. The molecule has 1 heterocycles. The van der Waals surface area contributed by atoms with Gasteiger partial charge < -0.3 is 14.9 Å². The van der Waals surface area contributed by atoms with E-state index in [0.717, 1.165) is 11.6 Å². The maximum atomic E-state index is 12.1. The highest BCUT2D eigenvalue weighted by atomic mass is 32.2. The molecule has 0 aliphatic rings. The van der Waals surface area contributed by atoms with Crippen molar-refractivity contribution in [3.63, 3.8) is 0 Å². The second-order valence-corrected chi connectivity index (χ2v) is 6.52. The number of phenols is 1. The number of nitrogens with one attached hydrogen (secondary N) is 1. The fourth-order valence-corrected chi connectivity index (χ4v) is 3.71. The topological polar surface area (TPSA) is 126 Å². The zero-order valence-corrected chi connectivity index (χ0v) is 12.2. The lowest BCUT2D eigenvalue weighted by molar-refractivity contribution is 0.0687. The Morgan fingerprint density at radius 3 is 2.71 bits per heavy atom. The number of nitrogens with zero attached hydrogens (tertiary/aromatic N) is 1. The first-order chi connectivity index (χ1) is 9.85. The first-order valence-corrected chi connectivity index (χ1v) is 7.78. The van der Waals surface area contributed by atoms with E-state index in [1.807, 2.05) is 0 Å². The molecule has 0 unspecified atom stereocenters. The van der Waals surface area contributed by atoms with Gasteiger partial charge in [-0.05, 0) is 12.1 Å². The molecule has 0 saturated carbocycles. The average Bonchev–Trinajstić information content (AvgIpc) is 2.88. The molecule has 0 aliphatic heterocycles. The number of thiazole rings is 1. The molecule has 0 aliphatic carbocycles. The van der Waals surface area contributed by atoms with Gasteiger partial charge in [-0.25, -0.2) is 18.2 Å². The minimum Gasteiger partial charge on any atom is -0.504 e. The molecule has 8 nitrogen and oxygen atoms in total. The number of hydrogen-bond donors (Lipinski definition) is 3. The van der Waals surface area contributed by atoms with E-state index in [1.54, 1.807) is 0 Å². The molecule has 112 valence electrons. The summed E-state index contributed by atoms with van der Waals surface area (Å²) in [6.45, 7) is 0. The minimum atomic E-state index is -4.11. The first kappa shape index (κ1) is 15.1. The van der Waals surface area contributed by atoms with Gasteiger partial charge in [0.1, 0.15) is 0 Å². The van der Waals surface area contributed by atoms with Crippen LogP contribution < -0.4 is 9.46 Å². The van der Waals surface area contributed by atoms with Gasteiger partial charge in [0, 0.05) is 6.07 Å². The molecule has 1 aromatic heterocycles. The lowest BCUT2D eigenvalue weighted by atomic mass is 10.3. The standard InChI is InChI=1S/C11H10N2O6S2/c1-19-8-3-2-6(4-7(8)14)13-21(17,18)11-9(10(15)16)12-5-20-11/h2-5,13-14H,1H3,(H,15,16). The fraction of sp³-hybridized carbons (Fsp3) is 0.0909. The number of sulfonamides is 1. The summed E-state index contributed by atoms with van der Waals surface area (Å²) in [5, 5.41) is 18.5. The van der Waals surface area contributed by atoms with Crippen molar-refractivity contribution in [1.82, 2.24) is 4.98 Å². The number of ether oxygens (including phenoxy) is 1. The third-order valence-corrected chi connectivity index (χ3v) is 5.16. The average molecular weight is 330 g/mol. The summed E-state index contributed by atoms with van der Waals surface area (Å²) in [5.41, 5.74) is 0.645. The second-order valence-electron chi connectivity index (χ2n) is 3.79. The number of benzene rings is 1. The van der Waals surface area contributed by atoms with E-state index in [-0.39, 0.29) is 17.2 Å². The predicted octanol–water partition coefficient (Wildman–Crippen LogP) is 1.36. The Kier molecular flexibility index (Phi) is 4.00. The summed E-state index contributed by atoms with van der Waals surface area (Å²) in [4.78, 5) is 14.4. The monoisotopic (exact) mass is 330 g/mol. The van der Waals surface area contributed by atoms with Crippen LogP contribution in [0.25, 0.3) is 0 Å². The van der Waals surface area contributed by atoms with E-state index < -0.39 is 25.9 Å². The van der Waals surface area contributed by atoms with Gasteiger partial charge >= 0.3 is 5.97 Å². The van der Waals surface area contributed by atoms with E-state index in [1.165, 1.54) is 19.2 Å². The highest BCUT2D eigenvalue weighted by molar-refractivity contribution is 7.94. The molecule has 0 radical (unpaired) electrons. The Labute approximate surface area is 123 Å². The Hall–Kier alpha value is -2.33. The normalized spacial score (nSPS) is 11.1. The van der Waals surface area contributed by atoms with Crippen LogP contribution in [-0.4, -0.2) is 36.7 Å². The molecule has 10 heteroatoms. The van der Waals surface area contributed by atoms with Gasteiger partial charge in [-0.2, -0.15) is 0 Å². The SMILES string of the molecule is COc1ccc(NS(=O)(=O)c2scnc2C(=O)O)cc1O. The Morgan fingerprint density at radius 1 is 1.43 bits per heavy atom. The van der Waals surface area contributed by atoms with Crippen LogP contribution >= 0.6 is 11.3 Å².